The van der Waals surface area contributed by atoms with Crippen molar-refractivity contribution in [1.29, 1.82) is 0 Å². The van der Waals surface area contributed by atoms with Crippen molar-refractivity contribution >= 4 is 35.5 Å². The molecule has 13 heteroatoms. The molecule has 0 saturated heterocycles. The molecule has 0 aliphatic rings. The number of nitrogens with two attached hydrogens (primary N) is 4. The Morgan fingerprint density at radius 1 is 0.720 bits per heavy atom. The zero-order valence-electron chi connectivity index (χ0n) is 13.1. The van der Waals surface area contributed by atoms with Crippen LogP contribution in [0.4, 0.5) is 0 Å². The highest BCUT2D eigenvalue weighted by Crippen LogP contribution is 1.99. The fraction of sp³-hybridized carbons (Fsp3) is 0.500. The maximum absolute atomic E-state index is 12.1. The largest absolute Gasteiger partial charge is 0.480 e. The first-order valence-electron chi connectivity index (χ1n) is 6.88. The van der Waals surface area contributed by atoms with Gasteiger partial charge in [0.25, 0.3) is 0 Å². The Morgan fingerprint density at radius 3 is 1.52 bits per heavy atom. The van der Waals surface area contributed by atoms with Crippen molar-refractivity contribution in [2.75, 3.05) is 0 Å². The normalized spacial score (nSPS) is 13.8. The van der Waals surface area contributed by atoms with E-state index in [4.69, 9.17) is 28.0 Å². The van der Waals surface area contributed by atoms with Crippen molar-refractivity contribution in [2.24, 2.45) is 22.9 Å². The topological polar surface area (TPSA) is 251 Å². The Morgan fingerprint density at radius 2 is 1.12 bits per heavy atom. The van der Waals surface area contributed by atoms with Crippen LogP contribution in [0.3, 0.4) is 0 Å². The predicted molar refractivity (Wildman–Crippen MR) is 80.9 cm³/mol. The number of carbonyl (C=O) groups is 6. The minimum absolute atomic E-state index is 0.518. The molecule has 25 heavy (non-hydrogen) atoms. The summed E-state index contributed by atoms with van der Waals surface area (Å²) in [5, 5.41) is 12.9. The standard InChI is InChI=1S/C12H20N6O7/c13-4(1-7(14)19)10(22)17-5(2-8(15)20)11(23)18-6(12(24)25)3-9(16)21/h4-6H,1-3,13H2,(H2,14,19)(H2,15,20)(H2,16,21)(H,17,22)(H,18,23)(H,24,25). The molecule has 0 bridgehead atoms. The van der Waals surface area contributed by atoms with Crippen LogP contribution in [-0.2, 0) is 28.8 Å². The minimum atomic E-state index is -1.67. The molecule has 0 heterocycles. The van der Waals surface area contributed by atoms with E-state index in [9.17, 15) is 28.8 Å². The molecule has 0 aliphatic carbocycles. The molecule has 5 amide bonds. The molecule has 0 aromatic rings. The van der Waals surface area contributed by atoms with Gasteiger partial charge in [0.1, 0.15) is 12.1 Å². The number of aliphatic carboxylic acids is 1. The van der Waals surface area contributed by atoms with Crippen molar-refractivity contribution in [1.82, 2.24) is 10.6 Å². The predicted octanol–water partition coefficient (Wildman–Crippen LogP) is -5.01. The molecule has 0 fully saturated rings. The summed E-state index contributed by atoms with van der Waals surface area (Å²) in [6.07, 6.45) is -1.90. The molecular formula is C12H20N6O7. The SMILES string of the molecule is NC(=O)CC(N)C(=O)NC(CC(N)=O)C(=O)NC(CC(N)=O)C(=O)O. The molecule has 0 aromatic carbocycles. The van der Waals surface area contributed by atoms with Gasteiger partial charge in [-0.3, -0.25) is 24.0 Å². The Bertz CT molecular complexity index is 578. The molecule has 3 unspecified atom stereocenters. The van der Waals surface area contributed by atoms with Gasteiger partial charge >= 0.3 is 5.97 Å². The summed E-state index contributed by atoms with van der Waals surface area (Å²) < 4.78 is 0. The molecule has 13 nitrogen and oxygen atoms in total. The van der Waals surface area contributed by atoms with E-state index in [1.54, 1.807) is 0 Å². The van der Waals surface area contributed by atoms with Gasteiger partial charge in [-0.25, -0.2) is 4.79 Å². The fourth-order valence-electron chi connectivity index (χ4n) is 1.67. The maximum atomic E-state index is 12.1. The molecule has 0 aromatic heterocycles. The van der Waals surface area contributed by atoms with E-state index < -0.39 is 72.9 Å². The highest BCUT2D eigenvalue weighted by atomic mass is 16.4. The van der Waals surface area contributed by atoms with E-state index in [0.29, 0.717) is 0 Å². The number of carboxylic acid groups (broad SMARTS) is 1. The third-order valence-corrected chi connectivity index (χ3v) is 2.82. The molecule has 0 radical (unpaired) electrons. The second kappa shape index (κ2) is 9.82. The lowest BCUT2D eigenvalue weighted by molar-refractivity contribution is -0.144. The van der Waals surface area contributed by atoms with E-state index >= 15 is 0 Å². The summed E-state index contributed by atoms with van der Waals surface area (Å²) in [6, 6.07) is -4.63. The molecule has 0 rings (SSSR count). The maximum Gasteiger partial charge on any atom is 0.326 e. The summed E-state index contributed by atoms with van der Waals surface area (Å²) in [7, 11) is 0. The van der Waals surface area contributed by atoms with E-state index in [2.05, 4.69) is 5.32 Å². The van der Waals surface area contributed by atoms with Crippen LogP contribution >= 0.6 is 0 Å². The van der Waals surface area contributed by atoms with Crippen LogP contribution in [0.1, 0.15) is 19.3 Å². The number of carbonyl (C=O) groups excluding carboxylic acids is 5. The lowest BCUT2D eigenvalue weighted by atomic mass is 10.1. The van der Waals surface area contributed by atoms with E-state index in [1.807, 2.05) is 5.32 Å². The van der Waals surface area contributed by atoms with Gasteiger partial charge in [-0.1, -0.05) is 0 Å². The van der Waals surface area contributed by atoms with Crippen molar-refractivity contribution in [2.45, 2.75) is 37.4 Å². The highest BCUT2D eigenvalue weighted by Gasteiger charge is 2.30. The third kappa shape index (κ3) is 8.85. The van der Waals surface area contributed by atoms with Gasteiger partial charge in [0, 0.05) is 0 Å². The van der Waals surface area contributed by atoms with Crippen LogP contribution in [0.5, 0.6) is 0 Å². The number of hydrogen-bond acceptors (Lipinski definition) is 7. The van der Waals surface area contributed by atoms with E-state index in [1.165, 1.54) is 0 Å². The Balaban J connectivity index is 5.11. The van der Waals surface area contributed by atoms with Crippen molar-refractivity contribution in [3.8, 4) is 0 Å². The molecule has 3 atom stereocenters. The lowest BCUT2D eigenvalue weighted by Crippen LogP contribution is -2.56. The monoisotopic (exact) mass is 360 g/mol. The summed E-state index contributed by atoms with van der Waals surface area (Å²) in [5.41, 5.74) is 20.1. The van der Waals surface area contributed by atoms with E-state index in [0.717, 1.165) is 0 Å². The summed E-state index contributed by atoms with van der Waals surface area (Å²) >= 11 is 0. The van der Waals surface area contributed by atoms with Crippen LogP contribution in [0.25, 0.3) is 0 Å². The quantitative estimate of drug-likeness (QED) is 0.187. The van der Waals surface area contributed by atoms with Crippen molar-refractivity contribution in [3.05, 3.63) is 0 Å². The first-order chi connectivity index (χ1) is 11.4. The first-order valence-corrected chi connectivity index (χ1v) is 6.88. The van der Waals surface area contributed by atoms with Crippen LogP contribution in [0, 0.1) is 0 Å². The van der Waals surface area contributed by atoms with Crippen LogP contribution in [0.2, 0.25) is 0 Å². The zero-order valence-corrected chi connectivity index (χ0v) is 13.1. The molecule has 0 spiro atoms. The average Bonchev–Trinajstić information content (AvgIpc) is 2.43. The Kier molecular flexibility index (Phi) is 8.55. The van der Waals surface area contributed by atoms with Gasteiger partial charge in [-0.15, -0.1) is 0 Å². The molecule has 0 saturated carbocycles. The number of hydrogen-bond donors (Lipinski definition) is 7. The third-order valence-electron chi connectivity index (χ3n) is 2.82. The highest BCUT2D eigenvalue weighted by molar-refractivity contribution is 5.96. The minimum Gasteiger partial charge on any atom is -0.480 e. The summed E-state index contributed by atoms with van der Waals surface area (Å²) in [4.78, 5) is 67.5. The number of primary amides is 3. The average molecular weight is 360 g/mol. The Labute approximate surface area is 141 Å². The first kappa shape index (κ1) is 21.8. The summed E-state index contributed by atoms with van der Waals surface area (Å²) in [6.45, 7) is 0. The molecule has 140 valence electrons. The van der Waals surface area contributed by atoms with Crippen LogP contribution < -0.4 is 33.6 Å². The zero-order chi connectivity index (χ0) is 19.7. The van der Waals surface area contributed by atoms with Gasteiger partial charge in [0.15, 0.2) is 0 Å². The van der Waals surface area contributed by atoms with Crippen molar-refractivity contribution < 1.29 is 33.9 Å². The second-order valence-corrected chi connectivity index (χ2v) is 5.08. The van der Waals surface area contributed by atoms with Crippen LogP contribution in [-0.4, -0.2) is 58.7 Å². The van der Waals surface area contributed by atoms with Gasteiger partial charge in [0.2, 0.25) is 29.5 Å². The van der Waals surface area contributed by atoms with E-state index in [-0.39, 0.29) is 0 Å². The molecule has 11 N–H and O–H groups in total. The number of rotatable bonds is 11. The van der Waals surface area contributed by atoms with Gasteiger partial charge in [-0.05, 0) is 0 Å². The number of carboxylic acids is 1. The smallest absolute Gasteiger partial charge is 0.326 e. The molecule has 0 aliphatic heterocycles. The summed E-state index contributed by atoms with van der Waals surface area (Å²) in [5.74, 6) is -6.49. The second-order valence-electron chi connectivity index (χ2n) is 5.08. The van der Waals surface area contributed by atoms with Crippen molar-refractivity contribution in [3.63, 3.8) is 0 Å². The van der Waals surface area contributed by atoms with Gasteiger partial charge in [0.05, 0.1) is 25.3 Å². The Hall–Kier alpha value is -3.22. The van der Waals surface area contributed by atoms with Gasteiger partial charge < -0.3 is 38.7 Å². The molecular weight excluding hydrogens is 340 g/mol. The number of nitrogens with one attached hydrogen (secondary N) is 2. The van der Waals surface area contributed by atoms with Crippen LogP contribution in [0.15, 0.2) is 0 Å². The number of amides is 5. The lowest BCUT2D eigenvalue weighted by Gasteiger charge is -2.21. The van der Waals surface area contributed by atoms with Gasteiger partial charge in [-0.2, -0.15) is 0 Å². The fourth-order valence-corrected chi connectivity index (χ4v) is 1.67.